The monoisotopic (exact) mass is 452 g/mol. The van der Waals surface area contributed by atoms with Gasteiger partial charge in [-0.2, -0.15) is 0 Å². The standard InChI is InChI=1S/C23H18ClFN4OS/c24-19-14-17(11-12-20(19)25)26-22(30)15-31-23-28-27-21(13-16-7-3-1-4-8-16)29(23)18-9-5-2-6-10-18/h1-12,14H,13,15H2,(H,26,30). The number of amides is 1. The number of hydrogen-bond donors (Lipinski definition) is 1. The van der Waals surface area contributed by atoms with E-state index in [2.05, 4.69) is 15.5 Å². The van der Waals surface area contributed by atoms with Crippen LogP contribution in [0.15, 0.2) is 84.0 Å². The number of benzene rings is 3. The van der Waals surface area contributed by atoms with Gasteiger partial charge >= 0.3 is 0 Å². The number of anilines is 1. The normalized spacial score (nSPS) is 10.8. The first-order valence-electron chi connectivity index (χ1n) is 9.51. The van der Waals surface area contributed by atoms with E-state index in [1.807, 2.05) is 65.2 Å². The van der Waals surface area contributed by atoms with E-state index in [0.717, 1.165) is 17.1 Å². The summed E-state index contributed by atoms with van der Waals surface area (Å²) in [5, 5.41) is 12.0. The van der Waals surface area contributed by atoms with Crippen LogP contribution in [-0.2, 0) is 11.2 Å². The molecule has 0 radical (unpaired) electrons. The molecule has 0 aliphatic rings. The molecule has 1 aromatic heterocycles. The van der Waals surface area contributed by atoms with Crippen LogP contribution in [0, 0.1) is 5.82 Å². The molecule has 0 saturated carbocycles. The summed E-state index contributed by atoms with van der Waals surface area (Å²) in [4.78, 5) is 12.4. The van der Waals surface area contributed by atoms with Crippen molar-refractivity contribution in [2.75, 3.05) is 11.1 Å². The number of nitrogens with one attached hydrogen (secondary N) is 1. The maximum absolute atomic E-state index is 13.3. The molecule has 1 amide bonds. The van der Waals surface area contributed by atoms with Gasteiger partial charge in [0.1, 0.15) is 11.6 Å². The third-order valence-electron chi connectivity index (χ3n) is 4.46. The number of carbonyl (C=O) groups excluding carboxylic acids is 1. The molecule has 31 heavy (non-hydrogen) atoms. The van der Waals surface area contributed by atoms with Gasteiger partial charge in [0.05, 0.1) is 10.8 Å². The molecular weight excluding hydrogens is 435 g/mol. The van der Waals surface area contributed by atoms with Crippen LogP contribution in [-0.4, -0.2) is 26.4 Å². The Hall–Kier alpha value is -3.16. The summed E-state index contributed by atoms with van der Waals surface area (Å²) in [6, 6.07) is 23.9. The van der Waals surface area contributed by atoms with Crippen molar-refractivity contribution in [1.29, 1.82) is 0 Å². The van der Waals surface area contributed by atoms with E-state index in [1.54, 1.807) is 0 Å². The molecule has 0 atom stereocenters. The van der Waals surface area contributed by atoms with Crippen LogP contribution < -0.4 is 5.32 Å². The van der Waals surface area contributed by atoms with Crippen LogP contribution in [0.25, 0.3) is 5.69 Å². The quantitative estimate of drug-likeness (QED) is 0.382. The summed E-state index contributed by atoms with van der Waals surface area (Å²) in [5.74, 6) is 0.118. The molecule has 0 saturated heterocycles. The first kappa shape index (κ1) is 21.1. The highest BCUT2D eigenvalue weighted by molar-refractivity contribution is 7.99. The molecule has 8 heteroatoms. The van der Waals surface area contributed by atoms with Gasteiger partial charge in [0.2, 0.25) is 5.91 Å². The van der Waals surface area contributed by atoms with Gasteiger partial charge < -0.3 is 5.32 Å². The molecule has 0 unspecified atom stereocenters. The Morgan fingerprint density at radius 2 is 1.71 bits per heavy atom. The van der Waals surface area contributed by atoms with Crippen molar-refractivity contribution in [2.24, 2.45) is 0 Å². The van der Waals surface area contributed by atoms with Crippen LogP contribution in [0.2, 0.25) is 5.02 Å². The first-order chi connectivity index (χ1) is 15.1. The Bertz CT molecular complexity index is 1180. The third-order valence-corrected chi connectivity index (χ3v) is 5.67. The van der Waals surface area contributed by atoms with Crippen LogP contribution >= 0.6 is 23.4 Å². The van der Waals surface area contributed by atoms with E-state index in [4.69, 9.17) is 11.6 Å². The van der Waals surface area contributed by atoms with Gasteiger partial charge in [0, 0.05) is 17.8 Å². The van der Waals surface area contributed by atoms with Gasteiger partial charge in [-0.15, -0.1) is 10.2 Å². The van der Waals surface area contributed by atoms with Crippen molar-refractivity contribution in [2.45, 2.75) is 11.6 Å². The minimum atomic E-state index is -0.532. The van der Waals surface area contributed by atoms with E-state index >= 15 is 0 Å². The van der Waals surface area contributed by atoms with Crippen molar-refractivity contribution in [3.63, 3.8) is 0 Å². The fourth-order valence-corrected chi connectivity index (χ4v) is 3.98. The van der Waals surface area contributed by atoms with Gasteiger partial charge in [-0.3, -0.25) is 9.36 Å². The zero-order valence-electron chi connectivity index (χ0n) is 16.3. The fraction of sp³-hybridized carbons (Fsp3) is 0.0870. The topological polar surface area (TPSA) is 59.8 Å². The van der Waals surface area contributed by atoms with E-state index < -0.39 is 5.82 Å². The molecule has 0 aliphatic heterocycles. The first-order valence-corrected chi connectivity index (χ1v) is 10.9. The molecule has 5 nitrogen and oxygen atoms in total. The number of carbonyl (C=O) groups is 1. The lowest BCUT2D eigenvalue weighted by Gasteiger charge is -2.10. The Kier molecular flexibility index (Phi) is 6.64. The number of nitrogens with zero attached hydrogens (tertiary/aromatic N) is 3. The lowest BCUT2D eigenvalue weighted by Crippen LogP contribution is -2.14. The van der Waals surface area contributed by atoms with Crippen molar-refractivity contribution >= 4 is 35.0 Å². The second-order valence-electron chi connectivity index (χ2n) is 6.70. The van der Waals surface area contributed by atoms with Gasteiger partial charge in [-0.05, 0) is 35.9 Å². The van der Waals surface area contributed by atoms with E-state index in [9.17, 15) is 9.18 Å². The summed E-state index contributed by atoms with van der Waals surface area (Å²) in [6.07, 6.45) is 0.615. The fourth-order valence-electron chi connectivity index (χ4n) is 3.02. The summed E-state index contributed by atoms with van der Waals surface area (Å²) < 4.78 is 15.3. The summed E-state index contributed by atoms with van der Waals surface area (Å²) in [6.45, 7) is 0. The second kappa shape index (κ2) is 9.76. The van der Waals surface area contributed by atoms with Crippen LogP contribution in [0.1, 0.15) is 11.4 Å². The van der Waals surface area contributed by atoms with Crippen molar-refractivity contribution < 1.29 is 9.18 Å². The van der Waals surface area contributed by atoms with Crippen molar-refractivity contribution in [3.05, 3.63) is 101 Å². The number of thioether (sulfide) groups is 1. The number of hydrogen-bond acceptors (Lipinski definition) is 4. The molecular formula is C23H18ClFN4OS. The van der Waals surface area contributed by atoms with Crippen LogP contribution in [0.4, 0.5) is 10.1 Å². The van der Waals surface area contributed by atoms with E-state index in [-0.39, 0.29) is 16.7 Å². The Labute approximate surface area is 188 Å². The summed E-state index contributed by atoms with van der Waals surface area (Å²) in [5.41, 5.74) is 2.48. The van der Waals surface area contributed by atoms with Gasteiger partial charge in [-0.25, -0.2) is 4.39 Å². The lowest BCUT2D eigenvalue weighted by atomic mass is 10.1. The highest BCUT2D eigenvalue weighted by Crippen LogP contribution is 2.24. The van der Waals surface area contributed by atoms with E-state index in [0.29, 0.717) is 17.3 Å². The molecule has 0 bridgehead atoms. The highest BCUT2D eigenvalue weighted by Gasteiger charge is 2.16. The number of rotatable bonds is 7. The van der Waals surface area contributed by atoms with Crippen LogP contribution in [0.5, 0.6) is 0 Å². The van der Waals surface area contributed by atoms with E-state index in [1.165, 1.54) is 30.0 Å². The molecule has 156 valence electrons. The van der Waals surface area contributed by atoms with Gasteiger partial charge in [-0.1, -0.05) is 71.9 Å². The molecule has 4 rings (SSSR count). The predicted molar refractivity (Wildman–Crippen MR) is 121 cm³/mol. The molecule has 0 aliphatic carbocycles. The predicted octanol–water partition coefficient (Wildman–Crippen LogP) is 5.38. The smallest absolute Gasteiger partial charge is 0.234 e. The summed E-state index contributed by atoms with van der Waals surface area (Å²) >= 11 is 7.05. The number of para-hydroxylation sites is 1. The maximum Gasteiger partial charge on any atom is 0.234 e. The largest absolute Gasteiger partial charge is 0.325 e. The third kappa shape index (κ3) is 5.31. The Balaban J connectivity index is 1.52. The Morgan fingerprint density at radius 3 is 2.42 bits per heavy atom. The molecule has 4 aromatic rings. The average Bonchev–Trinajstić information content (AvgIpc) is 3.18. The Morgan fingerprint density at radius 1 is 1.00 bits per heavy atom. The number of halogens is 2. The maximum atomic E-state index is 13.3. The molecule has 1 N–H and O–H groups in total. The molecule has 0 fully saturated rings. The van der Waals surface area contributed by atoms with Gasteiger partial charge in [0.15, 0.2) is 5.16 Å². The second-order valence-corrected chi connectivity index (χ2v) is 8.05. The van der Waals surface area contributed by atoms with Crippen molar-refractivity contribution in [3.8, 4) is 5.69 Å². The summed E-state index contributed by atoms with van der Waals surface area (Å²) in [7, 11) is 0. The minimum absolute atomic E-state index is 0.0418. The zero-order chi connectivity index (χ0) is 21.6. The highest BCUT2D eigenvalue weighted by atomic mass is 35.5. The SMILES string of the molecule is O=C(CSc1nnc(Cc2ccccc2)n1-c1ccccc1)Nc1ccc(F)c(Cl)c1. The average molecular weight is 453 g/mol. The molecule has 0 spiro atoms. The zero-order valence-corrected chi connectivity index (χ0v) is 17.9. The lowest BCUT2D eigenvalue weighted by molar-refractivity contribution is -0.113. The van der Waals surface area contributed by atoms with Gasteiger partial charge in [0.25, 0.3) is 0 Å². The van der Waals surface area contributed by atoms with Crippen LogP contribution in [0.3, 0.4) is 0 Å². The number of aromatic nitrogens is 3. The molecule has 3 aromatic carbocycles. The van der Waals surface area contributed by atoms with Crippen molar-refractivity contribution in [1.82, 2.24) is 14.8 Å². The molecule has 1 heterocycles. The minimum Gasteiger partial charge on any atom is -0.325 e.